The van der Waals surface area contributed by atoms with E-state index in [1.807, 2.05) is 58.3 Å². The van der Waals surface area contributed by atoms with Crippen LogP contribution in [0.5, 0.6) is 0 Å². The molecular formula is C27H33N5O3. The van der Waals surface area contributed by atoms with Gasteiger partial charge in [-0.15, -0.1) is 0 Å². The highest BCUT2D eigenvalue weighted by molar-refractivity contribution is 6.01. The molecule has 1 aliphatic carbocycles. The predicted molar refractivity (Wildman–Crippen MR) is 136 cm³/mol. The summed E-state index contributed by atoms with van der Waals surface area (Å²) in [6.45, 7) is 5.68. The van der Waals surface area contributed by atoms with Crippen LogP contribution in [0.3, 0.4) is 0 Å². The van der Waals surface area contributed by atoms with Crippen molar-refractivity contribution in [3.05, 3.63) is 59.7 Å². The summed E-state index contributed by atoms with van der Waals surface area (Å²) < 4.78 is 0. The number of hydrogen-bond donors (Lipinski definition) is 2. The van der Waals surface area contributed by atoms with E-state index >= 15 is 0 Å². The van der Waals surface area contributed by atoms with Gasteiger partial charge in [-0.2, -0.15) is 0 Å². The minimum atomic E-state index is -0.00419. The molecule has 2 saturated heterocycles. The zero-order valence-corrected chi connectivity index (χ0v) is 20.0. The number of nitrogens with one attached hydrogen (secondary N) is 2. The lowest BCUT2D eigenvalue weighted by Gasteiger charge is -2.29. The summed E-state index contributed by atoms with van der Waals surface area (Å²) in [5.74, 6) is 0.134. The summed E-state index contributed by atoms with van der Waals surface area (Å²) >= 11 is 0. The van der Waals surface area contributed by atoms with Gasteiger partial charge in [0.25, 0.3) is 11.8 Å². The van der Waals surface area contributed by atoms with Crippen LogP contribution in [0.2, 0.25) is 0 Å². The van der Waals surface area contributed by atoms with Crippen molar-refractivity contribution in [2.45, 2.75) is 19.3 Å². The van der Waals surface area contributed by atoms with Crippen molar-refractivity contribution in [3.8, 4) is 0 Å². The highest BCUT2D eigenvalue weighted by atomic mass is 16.2. The lowest BCUT2D eigenvalue weighted by molar-refractivity contribution is -0.117. The van der Waals surface area contributed by atoms with Crippen LogP contribution in [0.25, 0.3) is 0 Å². The second-order valence-electron chi connectivity index (χ2n) is 9.54. The van der Waals surface area contributed by atoms with E-state index in [1.54, 1.807) is 0 Å². The van der Waals surface area contributed by atoms with E-state index in [1.165, 1.54) is 0 Å². The Kier molecular flexibility index (Phi) is 6.99. The molecule has 0 atom stereocenters. The van der Waals surface area contributed by atoms with Crippen LogP contribution < -0.4 is 15.5 Å². The molecule has 2 aliphatic heterocycles. The van der Waals surface area contributed by atoms with Crippen molar-refractivity contribution in [1.82, 2.24) is 15.1 Å². The number of carbonyl (C=O) groups excluding carboxylic acids is 3. The van der Waals surface area contributed by atoms with Gasteiger partial charge in [0.2, 0.25) is 5.91 Å². The van der Waals surface area contributed by atoms with Gasteiger partial charge in [-0.25, -0.2) is 0 Å². The molecule has 1 saturated carbocycles. The minimum Gasteiger partial charge on any atom is -0.368 e. The number of amides is 3. The molecule has 0 radical (unpaired) electrons. The topological polar surface area (TPSA) is 85.0 Å². The van der Waals surface area contributed by atoms with Crippen molar-refractivity contribution in [3.63, 3.8) is 0 Å². The maximum Gasteiger partial charge on any atom is 0.254 e. The largest absolute Gasteiger partial charge is 0.368 e. The molecular weight excluding hydrogens is 442 g/mol. The number of carbonyl (C=O) groups is 3. The first kappa shape index (κ1) is 23.4. The molecule has 2 aromatic carbocycles. The fourth-order valence-corrected chi connectivity index (χ4v) is 4.80. The predicted octanol–water partition coefficient (Wildman–Crippen LogP) is 2.43. The minimum absolute atomic E-state index is 0.00419. The van der Waals surface area contributed by atoms with Crippen molar-refractivity contribution in [2.75, 3.05) is 62.6 Å². The molecule has 0 bridgehead atoms. The summed E-state index contributed by atoms with van der Waals surface area (Å²) in [5.41, 5.74) is 2.89. The SMILES string of the molecule is O=C(Nc1cc(C(=O)N2CCNCC2)ccc1N1CCCN(C(=O)c2ccccc2)CC1)C1CC1. The molecule has 5 rings (SSSR count). The van der Waals surface area contributed by atoms with Crippen molar-refractivity contribution in [1.29, 1.82) is 0 Å². The molecule has 3 fully saturated rings. The first-order valence-electron chi connectivity index (χ1n) is 12.6. The third-order valence-electron chi connectivity index (χ3n) is 7.00. The zero-order chi connectivity index (χ0) is 24.2. The van der Waals surface area contributed by atoms with Crippen LogP contribution in [0.15, 0.2) is 48.5 Å². The van der Waals surface area contributed by atoms with Gasteiger partial charge in [0.05, 0.1) is 11.4 Å². The quantitative estimate of drug-likeness (QED) is 0.694. The van der Waals surface area contributed by atoms with Gasteiger partial charge in [0.1, 0.15) is 0 Å². The Hall–Kier alpha value is -3.39. The smallest absolute Gasteiger partial charge is 0.254 e. The molecule has 0 unspecified atom stereocenters. The normalized spacial score (nSPS) is 18.7. The first-order chi connectivity index (χ1) is 17.1. The number of anilines is 2. The van der Waals surface area contributed by atoms with Gasteiger partial charge in [-0.05, 0) is 49.6 Å². The van der Waals surface area contributed by atoms with Gasteiger partial charge in [0, 0.05) is 69.4 Å². The lowest BCUT2D eigenvalue weighted by Crippen LogP contribution is -2.46. The highest BCUT2D eigenvalue weighted by Crippen LogP contribution is 2.34. The van der Waals surface area contributed by atoms with Gasteiger partial charge >= 0.3 is 0 Å². The average molecular weight is 476 g/mol. The Bertz CT molecular complexity index is 1080. The van der Waals surface area contributed by atoms with Crippen LogP contribution in [-0.2, 0) is 4.79 Å². The van der Waals surface area contributed by atoms with E-state index in [2.05, 4.69) is 15.5 Å². The Morgan fingerprint density at radius 1 is 0.771 bits per heavy atom. The van der Waals surface area contributed by atoms with Crippen LogP contribution in [0.1, 0.15) is 40.0 Å². The molecule has 184 valence electrons. The third kappa shape index (κ3) is 5.48. The standard InChI is InChI=1S/C27H33N5O3/c33-25(20-7-8-20)29-23-19-22(27(35)32-15-11-28-12-16-32)9-10-24(23)30-13-4-14-31(18-17-30)26(34)21-5-2-1-3-6-21/h1-3,5-6,9-10,19-20,28H,4,7-8,11-18H2,(H,29,33). The second-order valence-corrected chi connectivity index (χ2v) is 9.54. The van der Waals surface area contributed by atoms with Crippen LogP contribution in [-0.4, -0.2) is 79.9 Å². The summed E-state index contributed by atoms with van der Waals surface area (Å²) in [5, 5.41) is 6.38. The Labute approximate surface area is 206 Å². The molecule has 2 aromatic rings. The molecule has 3 amide bonds. The molecule has 0 aromatic heterocycles. The van der Waals surface area contributed by atoms with Gasteiger partial charge in [0.15, 0.2) is 0 Å². The maximum atomic E-state index is 13.1. The Balaban J connectivity index is 1.35. The van der Waals surface area contributed by atoms with Crippen LogP contribution in [0, 0.1) is 5.92 Å². The second kappa shape index (κ2) is 10.5. The van der Waals surface area contributed by atoms with E-state index in [0.29, 0.717) is 49.5 Å². The summed E-state index contributed by atoms with van der Waals surface area (Å²) in [6, 6.07) is 15.0. The molecule has 0 spiro atoms. The molecule has 3 aliphatic rings. The first-order valence-corrected chi connectivity index (χ1v) is 12.6. The van der Waals surface area contributed by atoms with Crippen LogP contribution in [0.4, 0.5) is 11.4 Å². The van der Waals surface area contributed by atoms with Gasteiger partial charge in [-0.1, -0.05) is 18.2 Å². The molecule has 8 nitrogen and oxygen atoms in total. The third-order valence-corrected chi connectivity index (χ3v) is 7.00. The van der Waals surface area contributed by atoms with Crippen LogP contribution >= 0.6 is 0 Å². The molecule has 8 heteroatoms. The Morgan fingerprint density at radius 3 is 2.23 bits per heavy atom. The average Bonchev–Trinajstić information content (AvgIpc) is 3.77. The van der Waals surface area contributed by atoms with E-state index in [0.717, 1.165) is 44.6 Å². The fraction of sp³-hybridized carbons (Fsp3) is 0.444. The van der Waals surface area contributed by atoms with E-state index in [-0.39, 0.29) is 23.6 Å². The van der Waals surface area contributed by atoms with Crippen molar-refractivity contribution in [2.24, 2.45) is 5.92 Å². The molecule has 2 N–H and O–H groups in total. The number of nitrogens with zero attached hydrogens (tertiary/aromatic N) is 3. The summed E-state index contributed by atoms with van der Waals surface area (Å²) in [7, 11) is 0. The van der Waals surface area contributed by atoms with Crippen molar-refractivity contribution < 1.29 is 14.4 Å². The number of piperazine rings is 1. The number of hydrogen-bond acceptors (Lipinski definition) is 5. The van der Waals surface area contributed by atoms with Gasteiger partial charge in [-0.3, -0.25) is 14.4 Å². The number of benzene rings is 2. The van der Waals surface area contributed by atoms with Crippen molar-refractivity contribution >= 4 is 29.1 Å². The monoisotopic (exact) mass is 475 g/mol. The summed E-state index contributed by atoms with van der Waals surface area (Å²) in [6.07, 6.45) is 2.66. The molecule has 2 heterocycles. The highest BCUT2D eigenvalue weighted by Gasteiger charge is 2.31. The Morgan fingerprint density at radius 2 is 1.49 bits per heavy atom. The van der Waals surface area contributed by atoms with Gasteiger partial charge < -0.3 is 25.3 Å². The van der Waals surface area contributed by atoms with E-state index < -0.39 is 0 Å². The lowest BCUT2D eigenvalue weighted by atomic mass is 10.1. The maximum absolute atomic E-state index is 13.1. The summed E-state index contributed by atoms with van der Waals surface area (Å²) in [4.78, 5) is 44.7. The van der Waals surface area contributed by atoms with E-state index in [9.17, 15) is 14.4 Å². The fourth-order valence-electron chi connectivity index (χ4n) is 4.80. The molecule has 35 heavy (non-hydrogen) atoms. The number of rotatable bonds is 5. The van der Waals surface area contributed by atoms with E-state index in [4.69, 9.17) is 0 Å². The zero-order valence-electron chi connectivity index (χ0n) is 20.0.